The monoisotopic (exact) mass is 482 g/mol. The molecule has 2 aromatic carbocycles. The van der Waals surface area contributed by atoms with E-state index in [4.69, 9.17) is 34.8 Å². The molecular weight excluding hydrogens is 455 g/mol. The summed E-state index contributed by atoms with van der Waals surface area (Å²) >= 11 is 18.6. The number of benzene rings is 2. The number of nitrogens with one attached hydrogen (secondary N) is 2. The Bertz CT molecular complexity index is 878. The molecule has 0 radical (unpaired) electrons. The van der Waals surface area contributed by atoms with Gasteiger partial charge in [0.15, 0.2) is 0 Å². The van der Waals surface area contributed by atoms with Crippen LogP contribution in [0.1, 0.15) is 50.6 Å². The Morgan fingerprint density at radius 1 is 1.10 bits per heavy atom. The molecule has 2 atom stereocenters. The van der Waals surface area contributed by atoms with Crippen LogP contribution in [0.2, 0.25) is 15.1 Å². The van der Waals surface area contributed by atoms with E-state index in [9.17, 15) is 4.79 Å². The molecule has 1 aliphatic rings. The molecule has 0 saturated carbocycles. The number of amides is 1. The Kier molecular flexibility index (Phi) is 8.87. The van der Waals surface area contributed by atoms with Gasteiger partial charge < -0.3 is 0 Å². The second kappa shape index (κ2) is 11.4. The summed E-state index contributed by atoms with van der Waals surface area (Å²) in [6.45, 7) is 3.01. The highest BCUT2D eigenvalue weighted by molar-refractivity contribution is 6.36. The van der Waals surface area contributed by atoms with E-state index in [1.165, 1.54) is 19.3 Å². The number of hydrazine groups is 2. The molecule has 0 aromatic heterocycles. The van der Waals surface area contributed by atoms with Crippen molar-refractivity contribution in [2.75, 3.05) is 18.6 Å². The van der Waals surface area contributed by atoms with Crippen molar-refractivity contribution in [3.8, 4) is 0 Å². The average molecular weight is 484 g/mol. The van der Waals surface area contributed by atoms with Gasteiger partial charge >= 0.3 is 0 Å². The molecule has 1 aliphatic heterocycles. The zero-order valence-electron chi connectivity index (χ0n) is 17.9. The van der Waals surface area contributed by atoms with E-state index in [1.807, 2.05) is 47.4 Å². The molecule has 2 unspecified atom stereocenters. The summed E-state index contributed by atoms with van der Waals surface area (Å²) in [6, 6.07) is 12.5. The smallest absolute Gasteiger partial charge is 0.253 e. The minimum absolute atomic E-state index is 0.0652. The van der Waals surface area contributed by atoms with Crippen molar-refractivity contribution >= 4 is 46.4 Å². The van der Waals surface area contributed by atoms with Gasteiger partial charge in [-0.1, -0.05) is 73.1 Å². The van der Waals surface area contributed by atoms with Crippen molar-refractivity contribution in [2.45, 2.75) is 51.1 Å². The highest BCUT2D eigenvalue weighted by Gasteiger charge is 2.38. The molecule has 0 spiro atoms. The van der Waals surface area contributed by atoms with E-state index < -0.39 is 6.04 Å². The number of nitrogens with zero attached hydrogens (tertiary/aromatic N) is 2. The summed E-state index contributed by atoms with van der Waals surface area (Å²) in [5.41, 5.74) is 8.17. The van der Waals surface area contributed by atoms with Gasteiger partial charge in [0.1, 0.15) is 6.04 Å². The van der Waals surface area contributed by atoms with Gasteiger partial charge in [-0.3, -0.25) is 15.2 Å². The van der Waals surface area contributed by atoms with Crippen LogP contribution in [-0.4, -0.2) is 30.6 Å². The molecule has 31 heavy (non-hydrogen) atoms. The van der Waals surface area contributed by atoms with Crippen molar-refractivity contribution in [1.82, 2.24) is 15.9 Å². The molecule has 168 valence electrons. The Balaban J connectivity index is 1.74. The fourth-order valence-electron chi connectivity index (χ4n) is 3.79. The molecule has 1 fully saturated rings. The largest absolute Gasteiger partial charge is 0.299 e. The highest BCUT2D eigenvalue weighted by Crippen LogP contribution is 2.39. The fraction of sp³-hybridized carbons (Fsp3) is 0.435. The molecule has 8 heteroatoms. The second-order valence-corrected chi connectivity index (χ2v) is 9.19. The van der Waals surface area contributed by atoms with Crippen molar-refractivity contribution in [2.24, 2.45) is 0 Å². The number of anilines is 1. The topological polar surface area (TPSA) is 47.6 Å². The Labute approximate surface area is 199 Å². The Hall–Kier alpha value is -1.50. The third-order valence-corrected chi connectivity index (χ3v) is 6.24. The van der Waals surface area contributed by atoms with Gasteiger partial charge in [-0.25, -0.2) is 10.4 Å². The lowest BCUT2D eigenvalue weighted by Gasteiger charge is -2.28. The van der Waals surface area contributed by atoms with Crippen LogP contribution >= 0.6 is 34.8 Å². The van der Waals surface area contributed by atoms with Crippen molar-refractivity contribution in [1.29, 1.82) is 0 Å². The molecule has 1 amide bonds. The van der Waals surface area contributed by atoms with Gasteiger partial charge in [0.2, 0.25) is 0 Å². The first-order chi connectivity index (χ1) is 14.9. The van der Waals surface area contributed by atoms with Gasteiger partial charge in [-0.05, 0) is 48.7 Å². The number of carbonyl (C=O) groups is 1. The van der Waals surface area contributed by atoms with Gasteiger partial charge in [-0.15, -0.1) is 0 Å². The van der Waals surface area contributed by atoms with E-state index in [1.54, 1.807) is 12.1 Å². The first-order valence-corrected chi connectivity index (χ1v) is 11.8. The maximum atomic E-state index is 13.0. The first kappa shape index (κ1) is 24.1. The van der Waals surface area contributed by atoms with Crippen LogP contribution in [0, 0.1) is 0 Å². The standard InChI is InChI=1S/C23H29Cl3N4O/c1-3-4-5-6-13-29(2)28-23(31)20-15-22(16-7-9-17(24)10-8-16)30(27-20)21-12-11-18(25)14-19(21)26/h7-12,14,20,22,27H,3-6,13,15H2,1-2H3,(H,28,31). The van der Waals surface area contributed by atoms with Crippen LogP contribution in [0.15, 0.2) is 42.5 Å². The normalized spacial score (nSPS) is 18.6. The summed E-state index contributed by atoms with van der Waals surface area (Å²) in [6.07, 6.45) is 5.22. The van der Waals surface area contributed by atoms with E-state index in [0.717, 1.165) is 24.2 Å². The van der Waals surface area contributed by atoms with E-state index >= 15 is 0 Å². The lowest BCUT2D eigenvalue weighted by molar-refractivity contribution is -0.127. The summed E-state index contributed by atoms with van der Waals surface area (Å²) in [5, 5.41) is 5.58. The molecule has 2 aromatic rings. The molecule has 5 nitrogen and oxygen atoms in total. The van der Waals surface area contributed by atoms with Gasteiger partial charge in [0, 0.05) is 23.6 Å². The highest BCUT2D eigenvalue weighted by atomic mass is 35.5. The number of hydrogen-bond donors (Lipinski definition) is 2. The zero-order chi connectivity index (χ0) is 22.4. The lowest BCUT2D eigenvalue weighted by atomic mass is 10.0. The third kappa shape index (κ3) is 6.50. The number of hydrogen-bond acceptors (Lipinski definition) is 4. The summed E-state index contributed by atoms with van der Waals surface area (Å²) < 4.78 is 0. The molecule has 0 aliphatic carbocycles. The summed E-state index contributed by atoms with van der Waals surface area (Å²) in [5.74, 6) is -0.0652. The average Bonchev–Trinajstić information content (AvgIpc) is 3.17. The fourth-order valence-corrected chi connectivity index (χ4v) is 4.41. The maximum absolute atomic E-state index is 13.0. The van der Waals surface area contributed by atoms with Crippen LogP contribution in [-0.2, 0) is 4.79 Å². The molecule has 3 rings (SSSR count). The SMILES string of the molecule is CCCCCCN(C)NC(=O)C1CC(c2ccc(Cl)cc2)N(c2ccc(Cl)cc2Cl)N1. The molecule has 0 bridgehead atoms. The van der Waals surface area contributed by atoms with Crippen LogP contribution in [0.5, 0.6) is 0 Å². The minimum atomic E-state index is -0.398. The van der Waals surface area contributed by atoms with Crippen molar-refractivity contribution < 1.29 is 4.79 Å². The quantitative estimate of drug-likeness (QED) is 0.338. The van der Waals surface area contributed by atoms with Gasteiger partial charge in [-0.2, -0.15) is 0 Å². The van der Waals surface area contributed by atoms with Crippen LogP contribution < -0.4 is 15.9 Å². The summed E-state index contributed by atoms with van der Waals surface area (Å²) in [4.78, 5) is 13.0. The van der Waals surface area contributed by atoms with Crippen molar-refractivity contribution in [3.05, 3.63) is 63.1 Å². The predicted molar refractivity (Wildman–Crippen MR) is 130 cm³/mol. The number of halogens is 3. The number of carbonyl (C=O) groups excluding carboxylic acids is 1. The maximum Gasteiger partial charge on any atom is 0.253 e. The zero-order valence-corrected chi connectivity index (χ0v) is 20.1. The van der Waals surface area contributed by atoms with Crippen LogP contribution in [0.3, 0.4) is 0 Å². The second-order valence-electron chi connectivity index (χ2n) is 7.91. The molecule has 1 saturated heterocycles. The van der Waals surface area contributed by atoms with E-state index in [-0.39, 0.29) is 11.9 Å². The minimum Gasteiger partial charge on any atom is -0.299 e. The van der Waals surface area contributed by atoms with Gasteiger partial charge in [0.05, 0.1) is 16.8 Å². The number of unbranched alkanes of at least 4 members (excludes halogenated alkanes) is 3. The van der Waals surface area contributed by atoms with Gasteiger partial charge in [0.25, 0.3) is 5.91 Å². The Morgan fingerprint density at radius 3 is 2.48 bits per heavy atom. The van der Waals surface area contributed by atoms with E-state index in [0.29, 0.717) is 21.5 Å². The molecular formula is C23H29Cl3N4O. The van der Waals surface area contributed by atoms with Crippen molar-refractivity contribution in [3.63, 3.8) is 0 Å². The van der Waals surface area contributed by atoms with Crippen LogP contribution in [0.4, 0.5) is 5.69 Å². The lowest BCUT2D eigenvalue weighted by Crippen LogP contribution is -2.50. The number of rotatable bonds is 9. The molecule has 2 N–H and O–H groups in total. The third-order valence-electron chi connectivity index (χ3n) is 5.45. The van der Waals surface area contributed by atoms with E-state index in [2.05, 4.69) is 17.8 Å². The Morgan fingerprint density at radius 2 is 1.81 bits per heavy atom. The molecule has 1 heterocycles. The summed E-state index contributed by atoms with van der Waals surface area (Å²) in [7, 11) is 1.91. The predicted octanol–water partition coefficient (Wildman–Crippen LogP) is 6.01. The first-order valence-electron chi connectivity index (χ1n) is 10.7. The van der Waals surface area contributed by atoms with Crippen LogP contribution in [0.25, 0.3) is 0 Å².